The molecular weight excluding hydrogens is 338 g/mol. The summed E-state index contributed by atoms with van der Waals surface area (Å²) in [7, 11) is 0. The molecule has 0 spiro atoms. The molecule has 0 unspecified atom stereocenters. The maximum Gasteiger partial charge on any atom is 0.307 e. The van der Waals surface area contributed by atoms with E-state index in [-0.39, 0.29) is 17.7 Å². The molecule has 0 bridgehead atoms. The summed E-state index contributed by atoms with van der Waals surface area (Å²) in [6, 6.07) is 11.2. The standard InChI is InChI=1S/C15H12BrNO4/c16-10-5-6-11(13(18)8-10)15(21)17-12-4-2-1-3-9(12)7-14(19)20/h1-6,8,18H,7H2,(H,17,21)(H,19,20). The maximum atomic E-state index is 12.2. The number of anilines is 1. The van der Waals surface area contributed by atoms with Gasteiger partial charge in [0.15, 0.2) is 0 Å². The zero-order chi connectivity index (χ0) is 15.4. The Hall–Kier alpha value is -2.34. The van der Waals surface area contributed by atoms with E-state index < -0.39 is 11.9 Å². The third-order valence-electron chi connectivity index (χ3n) is 2.81. The number of halogens is 1. The number of benzene rings is 2. The van der Waals surface area contributed by atoms with Crippen molar-refractivity contribution in [1.29, 1.82) is 0 Å². The molecule has 0 aliphatic rings. The number of nitrogens with one attached hydrogen (secondary N) is 1. The molecule has 2 aromatic rings. The van der Waals surface area contributed by atoms with Gasteiger partial charge in [0, 0.05) is 10.2 Å². The molecule has 0 saturated heterocycles. The average molecular weight is 350 g/mol. The van der Waals surface area contributed by atoms with Crippen LogP contribution in [0.1, 0.15) is 15.9 Å². The van der Waals surface area contributed by atoms with Crippen LogP contribution in [0.3, 0.4) is 0 Å². The third-order valence-corrected chi connectivity index (χ3v) is 3.30. The second-order valence-corrected chi connectivity index (χ2v) is 5.26. The second kappa shape index (κ2) is 6.41. The van der Waals surface area contributed by atoms with Crippen LogP contribution in [-0.4, -0.2) is 22.1 Å². The summed E-state index contributed by atoms with van der Waals surface area (Å²) >= 11 is 3.19. The van der Waals surface area contributed by atoms with Gasteiger partial charge in [-0.05, 0) is 29.8 Å². The van der Waals surface area contributed by atoms with Gasteiger partial charge < -0.3 is 15.5 Å². The number of hydrogen-bond donors (Lipinski definition) is 3. The number of amides is 1. The van der Waals surface area contributed by atoms with Crippen LogP contribution in [-0.2, 0) is 11.2 Å². The second-order valence-electron chi connectivity index (χ2n) is 4.34. The van der Waals surface area contributed by atoms with Gasteiger partial charge in [-0.3, -0.25) is 9.59 Å². The van der Waals surface area contributed by atoms with Crippen molar-refractivity contribution in [3.05, 3.63) is 58.1 Å². The van der Waals surface area contributed by atoms with Crippen molar-refractivity contribution in [3.8, 4) is 5.75 Å². The smallest absolute Gasteiger partial charge is 0.307 e. The summed E-state index contributed by atoms with van der Waals surface area (Å²) in [5.41, 5.74) is 1.02. The lowest BCUT2D eigenvalue weighted by Crippen LogP contribution is -2.14. The lowest BCUT2D eigenvalue weighted by atomic mass is 10.1. The van der Waals surface area contributed by atoms with E-state index in [0.29, 0.717) is 15.7 Å². The van der Waals surface area contributed by atoms with Gasteiger partial charge in [0.25, 0.3) is 5.91 Å². The molecule has 108 valence electrons. The van der Waals surface area contributed by atoms with E-state index in [1.54, 1.807) is 30.3 Å². The van der Waals surface area contributed by atoms with E-state index in [1.807, 2.05) is 0 Å². The Morgan fingerprint density at radius 1 is 1.14 bits per heavy atom. The molecule has 0 aliphatic heterocycles. The van der Waals surface area contributed by atoms with Crippen LogP contribution in [0.5, 0.6) is 5.75 Å². The molecule has 21 heavy (non-hydrogen) atoms. The van der Waals surface area contributed by atoms with Gasteiger partial charge in [0.05, 0.1) is 12.0 Å². The lowest BCUT2D eigenvalue weighted by molar-refractivity contribution is -0.136. The van der Waals surface area contributed by atoms with Gasteiger partial charge in [-0.15, -0.1) is 0 Å². The molecule has 0 saturated carbocycles. The summed E-state index contributed by atoms with van der Waals surface area (Å²) in [6.45, 7) is 0. The molecule has 5 nitrogen and oxygen atoms in total. The van der Waals surface area contributed by atoms with E-state index >= 15 is 0 Å². The highest BCUT2D eigenvalue weighted by atomic mass is 79.9. The minimum absolute atomic E-state index is 0.114. The third kappa shape index (κ3) is 3.82. The van der Waals surface area contributed by atoms with Crippen molar-refractivity contribution in [2.45, 2.75) is 6.42 Å². The fourth-order valence-electron chi connectivity index (χ4n) is 1.85. The molecule has 0 atom stereocenters. The van der Waals surface area contributed by atoms with Gasteiger partial charge in [-0.25, -0.2) is 0 Å². The average Bonchev–Trinajstić information content (AvgIpc) is 2.40. The summed E-state index contributed by atoms with van der Waals surface area (Å²) in [6.07, 6.45) is -0.192. The Kier molecular flexibility index (Phi) is 4.59. The zero-order valence-corrected chi connectivity index (χ0v) is 12.4. The van der Waals surface area contributed by atoms with Crippen molar-refractivity contribution in [2.24, 2.45) is 0 Å². The predicted molar refractivity (Wildman–Crippen MR) is 81.5 cm³/mol. The molecule has 3 N–H and O–H groups in total. The number of phenolic OH excluding ortho intramolecular Hbond substituents is 1. The van der Waals surface area contributed by atoms with Crippen molar-refractivity contribution < 1.29 is 19.8 Å². The van der Waals surface area contributed by atoms with Crippen LogP contribution >= 0.6 is 15.9 Å². The van der Waals surface area contributed by atoms with Crippen LogP contribution in [0, 0.1) is 0 Å². The van der Waals surface area contributed by atoms with E-state index in [0.717, 1.165) is 0 Å². The first-order chi connectivity index (χ1) is 9.97. The van der Waals surface area contributed by atoms with E-state index in [4.69, 9.17) is 5.11 Å². The molecular formula is C15H12BrNO4. The van der Waals surface area contributed by atoms with E-state index in [2.05, 4.69) is 21.2 Å². The van der Waals surface area contributed by atoms with Crippen LogP contribution in [0.15, 0.2) is 46.9 Å². The number of rotatable bonds is 4. The summed E-state index contributed by atoms with van der Waals surface area (Å²) < 4.78 is 0.655. The summed E-state index contributed by atoms with van der Waals surface area (Å²) in [5, 5.41) is 21.2. The topological polar surface area (TPSA) is 86.6 Å². The fraction of sp³-hybridized carbons (Fsp3) is 0.0667. The summed E-state index contributed by atoms with van der Waals surface area (Å²) in [5.74, 6) is -1.64. The monoisotopic (exact) mass is 349 g/mol. The number of carbonyl (C=O) groups excluding carboxylic acids is 1. The SMILES string of the molecule is O=C(O)Cc1ccccc1NC(=O)c1ccc(Br)cc1O. The van der Waals surface area contributed by atoms with Gasteiger partial charge >= 0.3 is 5.97 Å². The number of aliphatic carboxylic acids is 1. The van der Waals surface area contributed by atoms with Crippen molar-refractivity contribution in [1.82, 2.24) is 0 Å². The van der Waals surface area contributed by atoms with E-state index in [9.17, 15) is 14.7 Å². The number of carbonyl (C=O) groups is 2. The van der Waals surface area contributed by atoms with Gasteiger partial charge in [0.1, 0.15) is 5.75 Å². The van der Waals surface area contributed by atoms with Crippen molar-refractivity contribution >= 4 is 33.5 Å². The number of aromatic hydroxyl groups is 1. The molecule has 0 aliphatic carbocycles. The van der Waals surface area contributed by atoms with Crippen LogP contribution < -0.4 is 5.32 Å². The van der Waals surface area contributed by atoms with Crippen LogP contribution in [0.2, 0.25) is 0 Å². The highest BCUT2D eigenvalue weighted by Crippen LogP contribution is 2.24. The van der Waals surface area contributed by atoms with E-state index in [1.165, 1.54) is 12.1 Å². The minimum atomic E-state index is -0.983. The molecule has 6 heteroatoms. The molecule has 1 amide bonds. The molecule has 2 aromatic carbocycles. The Labute approximate surface area is 129 Å². The Balaban J connectivity index is 2.25. The number of carboxylic acid groups (broad SMARTS) is 1. The Morgan fingerprint density at radius 2 is 1.86 bits per heavy atom. The number of phenols is 1. The predicted octanol–water partition coefficient (Wildman–Crippen LogP) is 3.03. The molecule has 0 radical (unpaired) electrons. The highest BCUT2D eigenvalue weighted by molar-refractivity contribution is 9.10. The first kappa shape index (κ1) is 15.1. The van der Waals surface area contributed by atoms with Crippen molar-refractivity contribution in [3.63, 3.8) is 0 Å². The first-order valence-corrected chi connectivity index (χ1v) is 6.86. The largest absolute Gasteiger partial charge is 0.507 e. The fourth-order valence-corrected chi connectivity index (χ4v) is 2.19. The van der Waals surface area contributed by atoms with Crippen LogP contribution in [0.25, 0.3) is 0 Å². The number of carboxylic acids is 1. The van der Waals surface area contributed by atoms with Crippen LogP contribution in [0.4, 0.5) is 5.69 Å². The minimum Gasteiger partial charge on any atom is -0.507 e. The first-order valence-electron chi connectivity index (χ1n) is 6.07. The highest BCUT2D eigenvalue weighted by Gasteiger charge is 2.14. The maximum absolute atomic E-state index is 12.2. The zero-order valence-electron chi connectivity index (χ0n) is 10.8. The van der Waals surface area contributed by atoms with Crippen molar-refractivity contribution in [2.75, 3.05) is 5.32 Å². The normalized spacial score (nSPS) is 10.1. The molecule has 0 fully saturated rings. The number of para-hydroxylation sites is 1. The van der Waals surface area contributed by atoms with Gasteiger partial charge in [-0.2, -0.15) is 0 Å². The lowest BCUT2D eigenvalue weighted by Gasteiger charge is -2.10. The molecule has 0 heterocycles. The Morgan fingerprint density at radius 3 is 2.52 bits per heavy atom. The summed E-state index contributed by atoms with van der Waals surface area (Å²) in [4.78, 5) is 23.0. The molecule has 2 rings (SSSR count). The molecule has 0 aromatic heterocycles. The number of hydrogen-bond acceptors (Lipinski definition) is 3. The van der Waals surface area contributed by atoms with Gasteiger partial charge in [0.2, 0.25) is 0 Å². The van der Waals surface area contributed by atoms with Gasteiger partial charge in [-0.1, -0.05) is 34.1 Å². The Bertz CT molecular complexity index is 700. The quantitative estimate of drug-likeness (QED) is 0.791.